The van der Waals surface area contributed by atoms with E-state index in [2.05, 4.69) is 57.4 Å². The van der Waals surface area contributed by atoms with E-state index in [0.29, 0.717) is 12.6 Å². The summed E-state index contributed by atoms with van der Waals surface area (Å²) >= 11 is 3.56. The highest BCUT2D eigenvalue weighted by molar-refractivity contribution is 9.10. The zero-order chi connectivity index (χ0) is 15.4. The van der Waals surface area contributed by atoms with E-state index < -0.39 is 0 Å². The van der Waals surface area contributed by atoms with Crippen LogP contribution in [0.1, 0.15) is 31.1 Å². The van der Waals surface area contributed by atoms with Gasteiger partial charge < -0.3 is 14.6 Å². The van der Waals surface area contributed by atoms with Crippen LogP contribution in [0.2, 0.25) is 0 Å². The summed E-state index contributed by atoms with van der Waals surface area (Å²) in [4.78, 5) is 0. The second kappa shape index (κ2) is 7.04. The third kappa shape index (κ3) is 4.28. The summed E-state index contributed by atoms with van der Waals surface area (Å²) in [6, 6.07) is 6.59. The molecule has 0 radical (unpaired) electrons. The normalized spacial score (nSPS) is 11.1. The van der Waals surface area contributed by atoms with Crippen LogP contribution in [0.5, 0.6) is 5.75 Å². The summed E-state index contributed by atoms with van der Waals surface area (Å²) in [7, 11) is 1.93. The van der Waals surface area contributed by atoms with E-state index in [9.17, 15) is 0 Å². The molecule has 1 aromatic heterocycles. The topological polar surface area (TPSA) is 52.0 Å². The lowest BCUT2D eigenvalue weighted by molar-refractivity contribution is 0.289. The van der Waals surface area contributed by atoms with Crippen LogP contribution in [-0.4, -0.2) is 20.8 Å². The fourth-order valence-corrected chi connectivity index (χ4v) is 2.35. The van der Waals surface area contributed by atoms with Gasteiger partial charge in [-0.1, -0.05) is 19.9 Å². The maximum atomic E-state index is 5.81. The first-order chi connectivity index (χ1) is 9.97. The molecule has 0 aliphatic carbocycles. The van der Waals surface area contributed by atoms with Crippen LogP contribution in [-0.2, 0) is 20.2 Å². The zero-order valence-corrected chi connectivity index (χ0v) is 14.4. The van der Waals surface area contributed by atoms with Crippen molar-refractivity contribution in [1.29, 1.82) is 0 Å². The summed E-state index contributed by atoms with van der Waals surface area (Å²) < 4.78 is 8.68. The van der Waals surface area contributed by atoms with Crippen molar-refractivity contribution in [1.82, 2.24) is 20.1 Å². The van der Waals surface area contributed by atoms with Crippen molar-refractivity contribution in [3.63, 3.8) is 0 Å². The van der Waals surface area contributed by atoms with Gasteiger partial charge in [0.15, 0.2) is 5.82 Å². The van der Waals surface area contributed by atoms with Gasteiger partial charge in [-0.25, -0.2) is 0 Å². The van der Waals surface area contributed by atoms with Crippen LogP contribution in [0.4, 0.5) is 0 Å². The van der Waals surface area contributed by atoms with Gasteiger partial charge in [0.05, 0.1) is 4.47 Å². The molecule has 1 heterocycles. The van der Waals surface area contributed by atoms with Gasteiger partial charge in [-0.2, -0.15) is 0 Å². The molecule has 21 heavy (non-hydrogen) atoms. The smallest absolute Gasteiger partial charge is 0.170 e. The number of aryl methyl sites for hydroxylation is 1. The number of ether oxygens (including phenoxy) is 1. The number of halogens is 1. The van der Waals surface area contributed by atoms with Crippen LogP contribution in [0.15, 0.2) is 22.7 Å². The maximum Gasteiger partial charge on any atom is 0.170 e. The highest BCUT2D eigenvalue weighted by Gasteiger charge is 2.08. The van der Waals surface area contributed by atoms with Gasteiger partial charge in [0, 0.05) is 19.6 Å². The molecule has 0 spiro atoms. The Morgan fingerprint density at radius 3 is 2.67 bits per heavy atom. The van der Waals surface area contributed by atoms with Crippen LogP contribution < -0.4 is 10.1 Å². The van der Waals surface area contributed by atoms with Gasteiger partial charge in [0.2, 0.25) is 0 Å². The van der Waals surface area contributed by atoms with Crippen molar-refractivity contribution >= 4 is 15.9 Å². The van der Waals surface area contributed by atoms with Crippen molar-refractivity contribution < 1.29 is 4.74 Å². The summed E-state index contributed by atoms with van der Waals surface area (Å²) in [6.45, 7) is 7.44. The lowest BCUT2D eigenvalue weighted by atomic mass is 10.2. The predicted molar refractivity (Wildman–Crippen MR) is 86.2 cm³/mol. The molecule has 114 valence electrons. The van der Waals surface area contributed by atoms with E-state index >= 15 is 0 Å². The lowest BCUT2D eigenvalue weighted by Gasteiger charge is -2.11. The highest BCUT2D eigenvalue weighted by Crippen LogP contribution is 2.26. The number of nitrogens with zero attached hydrogens (tertiary/aromatic N) is 3. The first kappa shape index (κ1) is 16.0. The summed E-state index contributed by atoms with van der Waals surface area (Å²) in [5.74, 6) is 2.50. The lowest BCUT2D eigenvalue weighted by Crippen LogP contribution is -2.21. The molecular weight excluding hydrogens is 332 g/mol. The Balaban J connectivity index is 1.99. The molecule has 2 aromatic rings. The van der Waals surface area contributed by atoms with E-state index in [1.54, 1.807) is 0 Å². The zero-order valence-electron chi connectivity index (χ0n) is 12.9. The summed E-state index contributed by atoms with van der Waals surface area (Å²) in [6.07, 6.45) is 0. The predicted octanol–water partition coefficient (Wildman–Crippen LogP) is 2.96. The monoisotopic (exact) mass is 352 g/mol. The molecule has 6 heteroatoms. The number of nitrogens with one attached hydrogen (secondary N) is 1. The molecule has 0 aliphatic heterocycles. The minimum atomic E-state index is 0.402. The summed E-state index contributed by atoms with van der Waals surface area (Å²) in [5, 5.41) is 11.5. The first-order valence-electron chi connectivity index (χ1n) is 6.97. The van der Waals surface area contributed by atoms with Gasteiger partial charge in [-0.15, -0.1) is 10.2 Å². The SMILES string of the molecule is Cc1nnc(COc2ccc(CNC(C)C)cc2Br)n1C. The molecule has 1 aromatic carbocycles. The Bertz CT molecular complexity index is 610. The van der Waals surface area contributed by atoms with Crippen molar-refractivity contribution in [2.45, 2.75) is 40.0 Å². The molecule has 0 fully saturated rings. The second-order valence-electron chi connectivity index (χ2n) is 5.31. The Morgan fingerprint density at radius 2 is 2.10 bits per heavy atom. The number of hydrogen-bond acceptors (Lipinski definition) is 4. The molecule has 0 aliphatic rings. The second-order valence-corrected chi connectivity index (χ2v) is 6.17. The molecule has 0 saturated heterocycles. The van der Waals surface area contributed by atoms with Gasteiger partial charge in [0.25, 0.3) is 0 Å². The third-order valence-corrected chi connectivity index (χ3v) is 3.87. The van der Waals surface area contributed by atoms with E-state index in [0.717, 1.165) is 28.4 Å². The minimum Gasteiger partial charge on any atom is -0.484 e. The number of benzene rings is 1. The average Bonchev–Trinajstić information content (AvgIpc) is 2.75. The number of hydrogen-bond donors (Lipinski definition) is 1. The quantitative estimate of drug-likeness (QED) is 0.868. The van der Waals surface area contributed by atoms with Crippen LogP contribution in [0.3, 0.4) is 0 Å². The Labute approximate surface area is 133 Å². The largest absolute Gasteiger partial charge is 0.484 e. The van der Waals surface area contributed by atoms with E-state index in [4.69, 9.17) is 4.74 Å². The molecule has 0 saturated carbocycles. The fourth-order valence-electron chi connectivity index (χ4n) is 1.81. The van der Waals surface area contributed by atoms with Gasteiger partial charge in [-0.05, 0) is 40.5 Å². The molecule has 0 amide bonds. The Kier molecular flexibility index (Phi) is 5.36. The van der Waals surface area contributed by atoms with E-state index in [1.807, 2.05) is 24.6 Å². The third-order valence-electron chi connectivity index (χ3n) is 3.25. The van der Waals surface area contributed by atoms with Crippen molar-refractivity contribution in [3.05, 3.63) is 39.9 Å². The Morgan fingerprint density at radius 1 is 1.33 bits per heavy atom. The maximum absolute atomic E-state index is 5.81. The molecule has 0 unspecified atom stereocenters. The fraction of sp³-hybridized carbons (Fsp3) is 0.467. The van der Waals surface area contributed by atoms with Crippen LogP contribution in [0.25, 0.3) is 0 Å². The molecule has 1 N–H and O–H groups in total. The van der Waals surface area contributed by atoms with Gasteiger partial charge >= 0.3 is 0 Å². The first-order valence-corrected chi connectivity index (χ1v) is 7.76. The molecular formula is C15H21BrN4O. The summed E-state index contributed by atoms with van der Waals surface area (Å²) in [5.41, 5.74) is 1.22. The number of aromatic nitrogens is 3. The number of rotatable bonds is 6. The van der Waals surface area contributed by atoms with Crippen molar-refractivity contribution in [2.24, 2.45) is 7.05 Å². The van der Waals surface area contributed by atoms with Crippen LogP contribution in [0, 0.1) is 6.92 Å². The van der Waals surface area contributed by atoms with E-state index in [1.165, 1.54) is 5.56 Å². The molecule has 5 nitrogen and oxygen atoms in total. The Hall–Kier alpha value is -1.40. The standard InChI is InChI=1S/C15H21BrN4O/c1-10(2)17-8-12-5-6-14(13(16)7-12)21-9-15-19-18-11(3)20(15)4/h5-7,10,17H,8-9H2,1-4H3. The van der Waals surface area contributed by atoms with Gasteiger partial charge in [-0.3, -0.25) is 0 Å². The van der Waals surface area contributed by atoms with Crippen molar-refractivity contribution in [3.8, 4) is 5.75 Å². The molecule has 0 atom stereocenters. The van der Waals surface area contributed by atoms with E-state index in [-0.39, 0.29) is 0 Å². The minimum absolute atomic E-state index is 0.402. The highest BCUT2D eigenvalue weighted by atomic mass is 79.9. The molecule has 0 bridgehead atoms. The van der Waals surface area contributed by atoms with Gasteiger partial charge in [0.1, 0.15) is 18.2 Å². The van der Waals surface area contributed by atoms with Crippen LogP contribution >= 0.6 is 15.9 Å². The molecule has 2 rings (SSSR count). The average molecular weight is 353 g/mol. The van der Waals surface area contributed by atoms with Crippen molar-refractivity contribution in [2.75, 3.05) is 0 Å².